The van der Waals surface area contributed by atoms with Crippen LogP contribution in [0.1, 0.15) is 18.5 Å². The lowest BCUT2D eigenvalue weighted by Crippen LogP contribution is -2.37. The summed E-state index contributed by atoms with van der Waals surface area (Å²) in [5.74, 6) is 1.92. The first kappa shape index (κ1) is 28.9. The van der Waals surface area contributed by atoms with Crippen LogP contribution in [0, 0.1) is 5.92 Å². The van der Waals surface area contributed by atoms with Crippen molar-refractivity contribution in [2.45, 2.75) is 19.4 Å². The van der Waals surface area contributed by atoms with Crippen LogP contribution < -0.4 is 19.7 Å². The molecular weight excluding hydrogens is 568 g/mol. The molecule has 1 fully saturated rings. The van der Waals surface area contributed by atoms with Crippen molar-refractivity contribution in [1.82, 2.24) is 19.9 Å². The molecule has 0 radical (unpaired) electrons. The van der Waals surface area contributed by atoms with Gasteiger partial charge in [0.15, 0.2) is 5.75 Å². The summed E-state index contributed by atoms with van der Waals surface area (Å²) in [6.45, 7) is 3.91. The summed E-state index contributed by atoms with van der Waals surface area (Å²) < 4.78 is 12.0. The zero-order valence-corrected chi connectivity index (χ0v) is 24.4. The Bertz CT molecular complexity index is 1610. The van der Waals surface area contributed by atoms with Gasteiger partial charge in [0.2, 0.25) is 0 Å². The smallest absolute Gasteiger partial charge is 0.250 e. The number of nitrogens with zero attached hydrogens (tertiary/aromatic N) is 5. The van der Waals surface area contributed by atoms with Gasteiger partial charge in [-0.25, -0.2) is 9.97 Å². The standard InChI is InChI=1S/C32H33ClN6O4/c33-25-18-23(6-9-28(25)43-20-24-4-1-2-12-34-24)37-32-30-26(35-21-36-32)7-8-27-31(30)42-17-16-39(27)29(41)5-3-13-38-14-10-22(19-40)11-15-38/h1-9,12,18,21-22,40H,10-11,13-17,19-20H2,(H,35,36,37)/b5-3+. The largest absolute Gasteiger partial charge is 0.489 e. The Kier molecular flexibility index (Phi) is 8.97. The number of piperidine rings is 1. The van der Waals surface area contributed by atoms with Crippen molar-refractivity contribution in [2.75, 3.05) is 49.6 Å². The van der Waals surface area contributed by atoms with Crippen molar-refractivity contribution in [3.8, 4) is 11.5 Å². The van der Waals surface area contributed by atoms with E-state index in [1.165, 1.54) is 6.33 Å². The molecule has 2 aromatic carbocycles. The van der Waals surface area contributed by atoms with Gasteiger partial charge in [0, 0.05) is 31.1 Å². The second-order valence-corrected chi connectivity index (χ2v) is 11.0. The van der Waals surface area contributed by atoms with Crippen LogP contribution in [0.25, 0.3) is 10.9 Å². The molecule has 0 bridgehead atoms. The average molecular weight is 601 g/mol. The van der Waals surface area contributed by atoms with Gasteiger partial charge in [-0.3, -0.25) is 14.7 Å². The molecule has 0 atom stereocenters. The van der Waals surface area contributed by atoms with Crippen LogP contribution in [0.15, 0.2) is 73.2 Å². The lowest BCUT2D eigenvalue weighted by Gasteiger charge is -2.31. The average Bonchev–Trinajstić information content (AvgIpc) is 3.04. The van der Waals surface area contributed by atoms with Gasteiger partial charge in [-0.2, -0.15) is 0 Å². The summed E-state index contributed by atoms with van der Waals surface area (Å²) in [5, 5.41) is 13.8. The molecule has 1 saturated heterocycles. The molecule has 0 saturated carbocycles. The highest BCUT2D eigenvalue weighted by Crippen LogP contribution is 2.42. The fourth-order valence-corrected chi connectivity index (χ4v) is 5.60. The van der Waals surface area contributed by atoms with Crippen LogP contribution in [0.5, 0.6) is 11.5 Å². The Hall–Kier alpha value is -4.25. The number of aromatic nitrogens is 3. The second-order valence-electron chi connectivity index (χ2n) is 10.6. The molecular formula is C32H33ClN6O4. The minimum atomic E-state index is -0.103. The lowest BCUT2D eigenvalue weighted by molar-refractivity contribution is -0.114. The van der Waals surface area contributed by atoms with E-state index in [9.17, 15) is 9.90 Å². The highest BCUT2D eigenvalue weighted by Gasteiger charge is 2.26. The van der Waals surface area contributed by atoms with E-state index in [0.717, 1.165) is 31.6 Å². The SMILES string of the molecule is O=C(/C=C/CN1CCC(CO)CC1)N1CCOc2c1ccc1ncnc(Nc3ccc(OCc4ccccn4)c(Cl)c3)c21. The van der Waals surface area contributed by atoms with E-state index >= 15 is 0 Å². The maximum Gasteiger partial charge on any atom is 0.250 e. The number of carbonyl (C=O) groups excluding carboxylic acids is 1. The van der Waals surface area contributed by atoms with Crippen molar-refractivity contribution >= 4 is 45.6 Å². The molecule has 0 unspecified atom stereocenters. The number of nitrogens with one attached hydrogen (secondary N) is 1. The van der Waals surface area contributed by atoms with Crippen molar-refractivity contribution < 1.29 is 19.4 Å². The Morgan fingerprint density at radius 2 is 2.00 bits per heavy atom. The number of benzene rings is 2. The predicted octanol–water partition coefficient (Wildman–Crippen LogP) is 4.99. The van der Waals surface area contributed by atoms with Crippen LogP contribution >= 0.6 is 11.6 Å². The number of hydrogen-bond acceptors (Lipinski definition) is 9. The van der Waals surface area contributed by atoms with Crippen LogP contribution in [-0.2, 0) is 11.4 Å². The number of hydrogen-bond donors (Lipinski definition) is 2. The van der Waals surface area contributed by atoms with Gasteiger partial charge in [-0.15, -0.1) is 0 Å². The third kappa shape index (κ3) is 6.72. The van der Waals surface area contributed by atoms with Gasteiger partial charge >= 0.3 is 0 Å². The Labute approximate surface area is 254 Å². The fourth-order valence-electron chi connectivity index (χ4n) is 5.36. The minimum Gasteiger partial charge on any atom is -0.489 e. The van der Waals surface area contributed by atoms with Gasteiger partial charge in [0.1, 0.15) is 31.1 Å². The van der Waals surface area contributed by atoms with E-state index in [2.05, 4.69) is 25.2 Å². The third-order valence-corrected chi connectivity index (χ3v) is 8.03. The zero-order valence-electron chi connectivity index (χ0n) is 23.7. The molecule has 0 spiro atoms. The zero-order chi connectivity index (χ0) is 29.6. The van der Waals surface area contributed by atoms with Crippen molar-refractivity contribution in [1.29, 1.82) is 0 Å². The van der Waals surface area contributed by atoms with Gasteiger partial charge in [-0.05, 0) is 74.3 Å². The Morgan fingerprint density at radius 1 is 1.12 bits per heavy atom. The highest BCUT2D eigenvalue weighted by molar-refractivity contribution is 6.32. The molecule has 4 aromatic rings. The molecule has 2 N–H and O–H groups in total. The Morgan fingerprint density at radius 3 is 2.79 bits per heavy atom. The maximum absolute atomic E-state index is 13.3. The molecule has 6 rings (SSSR count). The lowest BCUT2D eigenvalue weighted by atomic mass is 9.98. The summed E-state index contributed by atoms with van der Waals surface area (Å²) in [6, 6.07) is 14.8. The molecule has 2 aliphatic rings. The van der Waals surface area contributed by atoms with E-state index < -0.39 is 0 Å². The number of halogens is 1. The molecule has 11 heteroatoms. The van der Waals surface area contributed by atoms with Crippen LogP contribution in [-0.4, -0.2) is 70.3 Å². The van der Waals surface area contributed by atoms with Gasteiger partial charge in [-0.1, -0.05) is 23.7 Å². The maximum atomic E-state index is 13.3. The number of ether oxygens (including phenoxy) is 2. The summed E-state index contributed by atoms with van der Waals surface area (Å²) in [6.07, 6.45) is 8.73. The van der Waals surface area contributed by atoms with E-state index in [4.69, 9.17) is 21.1 Å². The molecule has 2 aromatic heterocycles. The van der Waals surface area contributed by atoms with E-state index in [-0.39, 0.29) is 12.5 Å². The number of rotatable bonds is 9. The van der Waals surface area contributed by atoms with Crippen LogP contribution in [0.4, 0.5) is 17.2 Å². The van der Waals surface area contributed by atoms with Crippen LogP contribution in [0.3, 0.4) is 0 Å². The minimum absolute atomic E-state index is 0.103. The van der Waals surface area contributed by atoms with Crippen molar-refractivity contribution in [2.24, 2.45) is 5.92 Å². The summed E-state index contributed by atoms with van der Waals surface area (Å²) >= 11 is 6.55. The predicted molar refractivity (Wildman–Crippen MR) is 166 cm³/mol. The summed E-state index contributed by atoms with van der Waals surface area (Å²) in [4.78, 5) is 30.5. The number of pyridine rings is 1. The van der Waals surface area contributed by atoms with E-state index in [0.29, 0.717) is 76.8 Å². The summed E-state index contributed by atoms with van der Waals surface area (Å²) in [7, 11) is 0. The van der Waals surface area contributed by atoms with Gasteiger partial charge in [0.05, 0.1) is 33.9 Å². The third-order valence-electron chi connectivity index (χ3n) is 7.74. The molecule has 4 heterocycles. The number of aliphatic hydroxyl groups excluding tert-OH is 1. The molecule has 222 valence electrons. The fraction of sp³-hybridized carbons (Fsp3) is 0.312. The molecule has 43 heavy (non-hydrogen) atoms. The number of carbonyl (C=O) groups is 1. The summed E-state index contributed by atoms with van der Waals surface area (Å²) in [5.41, 5.74) is 2.88. The van der Waals surface area contributed by atoms with E-state index in [1.807, 2.05) is 42.5 Å². The molecule has 10 nitrogen and oxygen atoms in total. The first-order chi connectivity index (χ1) is 21.1. The highest BCUT2D eigenvalue weighted by atomic mass is 35.5. The molecule has 1 amide bonds. The second kappa shape index (κ2) is 13.4. The quantitative estimate of drug-likeness (QED) is 0.257. The number of fused-ring (bicyclic) bond motifs is 3. The van der Waals surface area contributed by atoms with Gasteiger partial charge < -0.3 is 24.8 Å². The number of aliphatic hydroxyl groups is 1. The topological polar surface area (TPSA) is 113 Å². The normalized spacial score (nSPS) is 15.8. The van der Waals surface area contributed by atoms with Crippen LogP contribution in [0.2, 0.25) is 5.02 Å². The number of likely N-dealkylation sites (tertiary alicyclic amines) is 1. The van der Waals surface area contributed by atoms with Crippen molar-refractivity contribution in [3.05, 3.63) is 83.9 Å². The first-order valence-corrected chi connectivity index (χ1v) is 14.8. The number of anilines is 3. The molecule has 2 aliphatic heterocycles. The number of amides is 1. The Balaban J connectivity index is 1.18. The molecule has 0 aliphatic carbocycles. The van der Waals surface area contributed by atoms with Gasteiger partial charge in [0.25, 0.3) is 5.91 Å². The monoisotopic (exact) mass is 600 g/mol. The van der Waals surface area contributed by atoms with E-state index in [1.54, 1.807) is 29.3 Å². The first-order valence-electron chi connectivity index (χ1n) is 14.4. The van der Waals surface area contributed by atoms with Crippen molar-refractivity contribution in [3.63, 3.8) is 0 Å².